The standard InChI is InChI=1S/C25H20N4OS/c1-2-26-25(30)17-5-3-16(4-6-17)18-7-9-20-21(11-12-27-22(20)13-18)29-19-8-10-24-23(14-19)28-15-31-24/h3-15H,2H2,1H3,(H,26,30)(H,27,29). The predicted octanol–water partition coefficient (Wildman–Crippen LogP) is 6.00. The highest BCUT2D eigenvalue weighted by atomic mass is 32.1. The average Bonchev–Trinajstić information content (AvgIpc) is 3.27. The van der Waals surface area contributed by atoms with E-state index in [1.165, 1.54) is 4.70 Å². The van der Waals surface area contributed by atoms with Gasteiger partial charge in [0.1, 0.15) is 0 Å². The molecule has 31 heavy (non-hydrogen) atoms. The first kappa shape index (κ1) is 19.2. The van der Waals surface area contributed by atoms with Gasteiger partial charge in [-0.15, -0.1) is 11.3 Å². The van der Waals surface area contributed by atoms with E-state index in [-0.39, 0.29) is 5.91 Å². The summed E-state index contributed by atoms with van der Waals surface area (Å²) in [5.41, 5.74) is 8.52. The normalized spacial score (nSPS) is 11.0. The Hall–Kier alpha value is -3.77. The predicted molar refractivity (Wildman–Crippen MR) is 128 cm³/mol. The van der Waals surface area contributed by atoms with Crippen LogP contribution in [0, 0.1) is 0 Å². The van der Waals surface area contributed by atoms with Gasteiger partial charge in [0.15, 0.2) is 0 Å². The number of rotatable bonds is 5. The highest BCUT2D eigenvalue weighted by molar-refractivity contribution is 7.16. The second-order valence-corrected chi connectivity index (χ2v) is 8.07. The third kappa shape index (κ3) is 3.85. The first-order valence-electron chi connectivity index (χ1n) is 10.1. The van der Waals surface area contributed by atoms with Crippen molar-refractivity contribution in [1.82, 2.24) is 15.3 Å². The van der Waals surface area contributed by atoms with Crippen molar-refractivity contribution >= 4 is 49.7 Å². The van der Waals surface area contributed by atoms with Crippen LogP contribution in [-0.2, 0) is 0 Å². The summed E-state index contributed by atoms with van der Waals surface area (Å²) in [6.07, 6.45) is 1.81. The van der Waals surface area contributed by atoms with Crippen LogP contribution in [0.15, 0.2) is 78.4 Å². The fourth-order valence-corrected chi connectivity index (χ4v) is 4.26. The number of hydrogen-bond acceptors (Lipinski definition) is 5. The molecule has 1 amide bonds. The van der Waals surface area contributed by atoms with Crippen LogP contribution in [0.1, 0.15) is 17.3 Å². The van der Waals surface area contributed by atoms with Crippen molar-refractivity contribution < 1.29 is 4.79 Å². The van der Waals surface area contributed by atoms with Gasteiger partial charge >= 0.3 is 0 Å². The van der Waals surface area contributed by atoms with Crippen molar-refractivity contribution in [1.29, 1.82) is 0 Å². The lowest BCUT2D eigenvalue weighted by atomic mass is 10.0. The third-order valence-electron chi connectivity index (χ3n) is 5.17. The van der Waals surface area contributed by atoms with Gasteiger partial charge in [-0.1, -0.05) is 24.3 Å². The van der Waals surface area contributed by atoms with Crippen LogP contribution in [-0.4, -0.2) is 22.4 Å². The number of nitrogens with zero attached hydrogens (tertiary/aromatic N) is 2. The Morgan fingerprint density at radius 3 is 2.58 bits per heavy atom. The maximum Gasteiger partial charge on any atom is 0.251 e. The number of thiazole rings is 1. The molecule has 0 aliphatic carbocycles. The van der Waals surface area contributed by atoms with E-state index in [1.54, 1.807) is 11.3 Å². The molecule has 2 aromatic heterocycles. The molecular weight excluding hydrogens is 404 g/mol. The number of fused-ring (bicyclic) bond motifs is 2. The molecule has 0 saturated heterocycles. The Morgan fingerprint density at radius 1 is 0.903 bits per heavy atom. The van der Waals surface area contributed by atoms with Crippen LogP contribution in [0.5, 0.6) is 0 Å². The van der Waals surface area contributed by atoms with Gasteiger partial charge in [-0.05, 0) is 60.5 Å². The smallest absolute Gasteiger partial charge is 0.251 e. The molecule has 0 unspecified atom stereocenters. The van der Waals surface area contributed by atoms with Crippen molar-refractivity contribution in [3.63, 3.8) is 0 Å². The minimum Gasteiger partial charge on any atom is -0.355 e. The van der Waals surface area contributed by atoms with Crippen molar-refractivity contribution in [3.8, 4) is 11.1 Å². The summed E-state index contributed by atoms with van der Waals surface area (Å²) in [7, 11) is 0. The molecule has 5 nitrogen and oxygen atoms in total. The van der Waals surface area contributed by atoms with E-state index in [1.807, 2.05) is 49.0 Å². The highest BCUT2D eigenvalue weighted by Crippen LogP contribution is 2.30. The van der Waals surface area contributed by atoms with Crippen LogP contribution in [0.4, 0.5) is 11.4 Å². The van der Waals surface area contributed by atoms with Crippen molar-refractivity contribution in [2.24, 2.45) is 0 Å². The number of nitrogens with one attached hydrogen (secondary N) is 2. The second kappa shape index (κ2) is 8.16. The topological polar surface area (TPSA) is 66.9 Å². The molecule has 0 spiro atoms. The Morgan fingerprint density at radius 2 is 1.74 bits per heavy atom. The lowest BCUT2D eigenvalue weighted by molar-refractivity contribution is 0.0956. The Kier molecular flexibility index (Phi) is 5.06. The van der Waals surface area contributed by atoms with E-state index >= 15 is 0 Å². The van der Waals surface area contributed by atoms with Gasteiger partial charge in [-0.2, -0.15) is 0 Å². The maximum absolute atomic E-state index is 12.0. The van der Waals surface area contributed by atoms with Gasteiger partial charge in [0.05, 0.1) is 21.2 Å². The Labute approximate surface area is 183 Å². The summed E-state index contributed by atoms with van der Waals surface area (Å²) in [6, 6.07) is 22.1. The lowest BCUT2D eigenvalue weighted by Gasteiger charge is -2.11. The summed E-state index contributed by atoms with van der Waals surface area (Å²) >= 11 is 1.64. The van der Waals surface area contributed by atoms with Gasteiger partial charge in [0.2, 0.25) is 0 Å². The number of carbonyl (C=O) groups excluding carboxylic acids is 1. The highest BCUT2D eigenvalue weighted by Gasteiger charge is 2.08. The molecule has 0 radical (unpaired) electrons. The molecule has 0 saturated carbocycles. The summed E-state index contributed by atoms with van der Waals surface area (Å²) in [5, 5.41) is 7.37. The second-order valence-electron chi connectivity index (χ2n) is 7.19. The summed E-state index contributed by atoms with van der Waals surface area (Å²) in [4.78, 5) is 20.9. The first-order valence-corrected chi connectivity index (χ1v) is 11.0. The van der Waals surface area contributed by atoms with Crippen LogP contribution >= 0.6 is 11.3 Å². The molecule has 2 N–H and O–H groups in total. The number of carbonyl (C=O) groups is 1. The molecule has 3 aromatic carbocycles. The van der Waals surface area contributed by atoms with Crippen molar-refractivity contribution in [3.05, 3.63) is 84.0 Å². The van der Waals surface area contributed by atoms with Crippen molar-refractivity contribution in [2.45, 2.75) is 6.92 Å². The van der Waals surface area contributed by atoms with E-state index in [4.69, 9.17) is 0 Å². The zero-order chi connectivity index (χ0) is 21.2. The van der Waals surface area contributed by atoms with E-state index in [0.29, 0.717) is 12.1 Å². The number of benzene rings is 3. The number of aromatic nitrogens is 2. The molecule has 0 aliphatic rings. The van der Waals surface area contributed by atoms with Crippen LogP contribution in [0.2, 0.25) is 0 Å². The third-order valence-corrected chi connectivity index (χ3v) is 5.98. The first-order chi connectivity index (χ1) is 15.2. The van der Waals surface area contributed by atoms with E-state index in [2.05, 4.69) is 57.0 Å². The van der Waals surface area contributed by atoms with Crippen LogP contribution in [0.25, 0.3) is 32.2 Å². The summed E-state index contributed by atoms with van der Waals surface area (Å²) in [5.74, 6) is -0.0548. The molecule has 0 aliphatic heterocycles. The molecule has 5 aromatic rings. The van der Waals surface area contributed by atoms with Crippen LogP contribution in [0.3, 0.4) is 0 Å². The van der Waals surface area contributed by atoms with E-state index in [0.717, 1.165) is 38.9 Å². The van der Waals surface area contributed by atoms with Gasteiger partial charge in [-0.25, -0.2) is 4.98 Å². The number of anilines is 2. The zero-order valence-corrected chi connectivity index (χ0v) is 17.7. The minimum atomic E-state index is -0.0548. The van der Waals surface area contributed by atoms with Gasteiger partial charge in [0.25, 0.3) is 5.91 Å². The largest absolute Gasteiger partial charge is 0.355 e. The molecule has 0 atom stereocenters. The van der Waals surface area contributed by atoms with Crippen molar-refractivity contribution in [2.75, 3.05) is 11.9 Å². The maximum atomic E-state index is 12.0. The number of amides is 1. The quantitative estimate of drug-likeness (QED) is 0.363. The van der Waals surface area contributed by atoms with Gasteiger partial charge < -0.3 is 10.6 Å². The number of hydrogen-bond donors (Lipinski definition) is 2. The summed E-state index contributed by atoms with van der Waals surface area (Å²) in [6.45, 7) is 2.53. The van der Waals surface area contributed by atoms with E-state index in [9.17, 15) is 4.79 Å². The minimum absolute atomic E-state index is 0.0548. The molecule has 6 heteroatoms. The Balaban J connectivity index is 1.45. The van der Waals surface area contributed by atoms with Gasteiger partial charge in [0, 0.05) is 35.1 Å². The average molecular weight is 425 g/mol. The van der Waals surface area contributed by atoms with Gasteiger partial charge in [-0.3, -0.25) is 9.78 Å². The zero-order valence-electron chi connectivity index (χ0n) is 16.9. The Bertz CT molecular complexity index is 1390. The SMILES string of the molecule is CCNC(=O)c1ccc(-c2ccc3c(Nc4ccc5scnc5c4)ccnc3c2)cc1. The molecule has 2 heterocycles. The fourth-order valence-electron chi connectivity index (χ4n) is 3.60. The molecule has 5 rings (SSSR count). The molecular formula is C25H20N4OS. The molecule has 0 fully saturated rings. The van der Waals surface area contributed by atoms with Crippen LogP contribution < -0.4 is 10.6 Å². The molecule has 0 bridgehead atoms. The fraction of sp³-hybridized carbons (Fsp3) is 0.0800. The summed E-state index contributed by atoms with van der Waals surface area (Å²) < 4.78 is 1.17. The molecule has 152 valence electrons. The number of pyridine rings is 1. The monoisotopic (exact) mass is 424 g/mol. The lowest BCUT2D eigenvalue weighted by Crippen LogP contribution is -2.22. The van der Waals surface area contributed by atoms with E-state index < -0.39 is 0 Å².